The fraction of sp³-hybridized carbons (Fsp3) is 0.300. The van der Waals surface area contributed by atoms with Crippen molar-refractivity contribution in [1.82, 2.24) is 10.3 Å². The normalized spacial score (nSPS) is 18.8. The highest BCUT2D eigenvalue weighted by molar-refractivity contribution is 6.10. The van der Waals surface area contributed by atoms with Crippen LogP contribution in [0.3, 0.4) is 0 Å². The van der Waals surface area contributed by atoms with Crippen molar-refractivity contribution >= 4 is 29.2 Å². The molecule has 0 spiro atoms. The first-order valence-corrected chi connectivity index (χ1v) is 13.1. The van der Waals surface area contributed by atoms with E-state index in [4.69, 9.17) is 0 Å². The van der Waals surface area contributed by atoms with Gasteiger partial charge in [-0.05, 0) is 48.7 Å². The van der Waals surface area contributed by atoms with Gasteiger partial charge < -0.3 is 5.32 Å². The van der Waals surface area contributed by atoms with E-state index < -0.39 is 60.4 Å². The van der Waals surface area contributed by atoms with Crippen molar-refractivity contribution in [2.24, 2.45) is 0 Å². The zero-order valence-corrected chi connectivity index (χ0v) is 22.1. The van der Waals surface area contributed by atoms with E-state index in [9.17, 15) is 28.4 Å². The van der Waals surface area contributed by atoms with Crippen LogP contribution in [0.1, 0.15) is 48.4 Å². The molecule has 2 aliphatic rings. The molecule has 5 rings (SSSR count). The molecule has 1 N–H and O–H groups in total. The van der Waals surface area contributed by atoms with E-state index in [0.29, 0.717) is 11.1 Å². The molecule has 1 aliphatic heterocycles. The van der Waals surface area contributed by atoms with Gasteiger partial charge in [0.15, 0.2) is 0 Å². The quantitative estimate of drug-likeness (QED) is 0.455. The SMILES string of the molecule is Cc1ccccc1C(C(=O)NC1CC(F)(F)C1)N(C(=O)C1CCC(=O)N1c1cc(C#N)ccn1)c1ccccc1F. The van der Waals surface area contributed by atoms with Gasteiger partial charge in [-0.3, -0.25) is 24.2 Å². The van der Waals surface area contributed by atoms with Crippen LogP contribution in [0.25, 0.3) is 0 Å². The lowest BCUT2D eigenvalue weighted by Gasteiger charge is -2.39. The van der Waals surface area contributed by atoms with Gasteiger partial charge in [0.2, 0.25) is 11.8 Å². The average Bonchev–Trinajstić information content (AvgIpc) is 3.32. The van der Waals surface area contributed by atoms with Crippen LogP contribution in [0.2, 0.25) is 0 Å². The van der Waals surface area contributed by atoms with Gasteiger partial charge >= 0.3 is 0 Å². The minimum Gasteiger partial charge on any atom is -0.351 e. The molecule has 2 heterocycles. The number of hydrogen-bond acceptors (Lipinski definition) is 5. The summed E-state index contributed by atoms with van der Waals surface area (Å²) in [5.74, 6) is -5.54. The molecule has 210 valence electrons. The van der Waals surface area contributed by atoms with E-state index in [1.807, 2.05) is 6.07 Å². The van der Waals surface area contributed by atoms with E-state index in [1.54, 1.807) is 31.2 Å². The smallest absolute Gasteiger partial charge is 0.252 e. The van der Waals surface area contributed by atoms with Crippen molar-refractivity contribution < 1.29 is 27.6 Å². The largest absolute Gasteiger partial charge is 0.351 e. The lowest BCUT2D eigenvalue weighted by Crippen LogP contribution is -2.56. The number of alkyl halides is 2. The van der Waals surface area contributed by atoms with Crippen molar-refractivity contribution in [1.29, 1.82) is 5.26 Å². The summed E-state index contributed by atoms with van der Waals surface area (Å²) >= 11 is 0. The maximum absolute atomic E-state index is 15.4. The van der Waals surface area contributed by atoms with Crippen LogP contribution in [-0.4, -0.2) is 40.7 Å². The van der Waals surface area contributed by atoms with Crippen molar-refractivity contribution in [2.75, 3.05) is 9.80 Å². The van der Waals surface area contributed by atoms with Crippen LogP contribution in [0.4, 0.5) is 24.7 Å². The Morgan fingerprint density at radius 2 is 1.85 bits per heavy atom. The molecule has 2 aromatic carbocycles. The van der Waals surface area contributed by atoms with Crippen LogP contribution in [0.5, 0.6) is 0 Å². The van der Waals surface area contributed by atoms with Crippen molar-refractivity contribution in [2.45, 2.75) is 56.7 Å². The van der Waals surface area contributed by atoms with Gasteiger partial charge in [0, 0.05) is 31.5 Å². The topological polar surface area (TPSA) is 106 Å². The Labute approximate surface area is 234 Å². The van der Waals surface area contributed by atoms with Crippen LogP contribution < -0.4 is 15.1 Å². The standard InChI is InChI=1S/C30H26F3N5O3/c1-18-6-2-3-7-21(18)27(28(40)36-20-15-30(32,33)16-20)38(23-9-5-4-8-22(23)31)29(41)24-10-11-26(39)37(24)25-14-19(17-34)12-13-35-25/h2-9,12-14,20,24,27H,10-11,15-16H2,1H3,(H,36,40). The molecule has 2 fully saturated rings. The van der Waals surface area contributed by atoms with Gasteiger partial charge in [0.05, 0.1) is 17.3 Å². The summed E-state index contributed by atoms with van der Waals surface area (Å²) in [5.41, 5.74) is 0.996. The number of carbonyl (C=O) groups is 3. The molecule has 2 unspecified atom stereocenters. The number of para-hydroxylation sites is 1. The molecule has 8 nitrogen and oxygen atoms in total. The molecule has 41 heavy (non-hydrogen) atoms. The lowest BCUT2D eigenvalue weighted by molar-refractivity contribution is -0.133. The lowest BCUT2D eigenvalue weighted by atomic mass is 9.87. The van der Waals surface area contributed by atoms with Crippen molar-refractivity contribution in [3.8, 4) is 6.07 Å². The van der Waals surface area contributed by atoms with E-state index in [1.165, 1.54) is 36.5 Å². The van der Waals surface area contributed by atoms with Gasteiger partial charge in [-0.2, -0.15) is 5.26 Å². The van der Waals surface area contributed by atoms with E-state index in [2.05, 4.69) is 10.3 Å². The first-order chi connectivity index (χ1) is 19.6. The third kappa shape index (κ3) is 5.50. The third-order valence-electron chi connectivity index (χ3n) is 7.39. The maximum atomic E-state index is 15.4. The summed E-state index contributed by atoms with van der Waals surface area (Å²) in [6.07, 6.45) is 0.293. The van der Waals surface area contributed by atoms with Gasteiger partial charge in [-0.1, -0.05) is 36.4 Å². The second-order valence-electron chi connectivity index (χ2n) is 10.2. The Morgan fingerprint density at radius 3 is 2.54 bits per heavy atom. The minimum absolute atomic E-state index is 0.0155. The summed E-state index contributed by atoms with van der Waals surface area (Å²) in [6.45, 7) is 1.72. The molecule has 1 saturated heterocycles. The molecule has 3 aromatic rings. The number of hydrogen-bond donors (Lipinski definition) is 1. The Morgan fingerprint density at radius 1 is 1.15 bits per heavy atom. The first kappa shape index (κ1) is 27.8. The fourth-order valence-electron chi connectivity index (χ4n) is 5.35. The van der Waals surface area contributed by atoms with Gasteiger partial charge in [-0.25, -0.2) is 18.2 Å². The maximum Gasteiger partial charge on any atom is 0.252 e. The van der Waals surface area contributed by atoms with E-state index in [-0.39, 0.29) is 29.9 Å². The molecular weight excluding hydrogens is 535 g/mol. The highest BCUT2D eigenvalue weighted by Gasteiger charge is 2.48. The number of nitrogens with one attached hydrogen (secondary N) is 1. The molecule has 1 aliphatic carbocycles. The number of amides is 3. The molecular formula is C30H26F3N5O3. The number of nitrogens with zero attached hydrogens (tertiary/aromatic N) is 4. The Hall–Kier alpha value is -4.72. The number of nitriles is 1. The Balaban J connectivity index is 1.61. The number of pyridine rings is 1. The van der Waals surface area contributed by atoms with Crippen LogP contribution in [0, 0.1) is 24.1 Å². The number of aromatic nitrogens is 1. The second-order valence-corrected chi connectivity index (χ2v) is 10.2. The number of halogens is 3. The minimum atomic E-state index is -2.90. The first-order valence-electron chi connectivity index (χ1n) is 13.1. The fourth-order valence-corrected chi connectivity index (χ4v) is 5.35. The number of benzene rings is 2. The van der Waals surface area contributed by atoms with E-state index in [0.717, 1.165) is 15.9 Å². The van der Waals surface area contributed by atoms with Gasteiger partial charge in [0.25, 0.3) is 11.8 Å². The third-order valence-corrected chi connectivity index (χ3v) is 7.39. The highest BCUT2D eigenvalue weighted by atomic mass is 19.3. The van der Waals surface area contributed by atoms with Crippen LogP contribution >= 0.6 is 0 Å². The monoisotopic (exact) mass is 561 g/mol. The van der Waals surface area contributed by atoms with Crippen LogP contribution in [-0.2, 0) is 14.4 Å². The number of carbonyl (C=O) groups excluding carboxylic acids is 3. The predicted molar refractivity (Wildman–Crippen MR) is 143 cm³/mol. The summed E-state index contributed by atoms with van der Waals surface area (Å²) in [5, 5.41) is 12.0. The number of rotatable bonds is 7. The van der Waals surface area contributed by atoms with Gasteiger partial charge in [-0.15, -0.1) is 0 Å². The Kier molecular flexibility index (Phi) is 7.49. The summed E-state index contributed by atoms with van der Waals surface area (Å²) in [6, 6.07) is 13.5. The van der Waals surface area contributed by atoms with Crippen LogP contribution in [0.15, 0.2) is 66.9 Å². The molecule has 1 aromatic heterocycles. The molecule has 0 bridgehead atoms. The average molecular weight is 562 g/mol. The number of anilines is 2. The van der Waals surface area contributed by atoms with Crippen molar-refractivity contribution in [3.63, 3.8) is 0 Å². The second kappa shape index (κ2) is 11.0. The van der Waals surface area contributed by atoms with Crippen molar-refractivity contribution in [3.05, 3.63) is 89.4 Å². The number of aryl methyl sites for hydroxylation is 1. The summed E-state index contributed by atoms with van der Waals surface area (Å²) in [4.78, 5) is 47.7. The molecule has 1 saturated carbocycles. The highest BCUT2D eigenvalue weighted by Crippen LogP contribution is 2.39. The molecule has 0 radical (unpaired) electrons. The zero-order valence-electron chi connectivity index (χ0n) is 22.1. The molecule has 3 amide bonds. The Bertz CT molecular complexity index is 1550. The molecule has 11 heteroatoms. The predicted octanol–water partition coefficient (Wildman–Crippen LogP) is 4.58. The summed E-state index contributed by atoms with van der Waals surface area (Å²) in [7, 11) is 0. The zero-order chi connectivity index (χ0) is 29.3. The van der Waals surface area contributed by atoms with E-state index >= 15 is 4.39 Å². The summed E-state index contributed by atoms with van der Waals surface area (Å²) < 4.78 is 42.6. The van der Waals surface area contributed by atoms with Gasteiger partial charge in [0.1, 0.15) is 23.7 Å². The molecule has 2 atom stereocenters.